The van der Waals surface area contributed by atoms with E-state index in [-0.39, 0.29) is 0 Å². The summed E-state index contributed by atoms with van der Waals surface area (Å²) in [5.41, 5.74) is 2.75. The molecule has 0 saturated carbocycles. The number of hydrogen-bond acceptors (Lipinski definition) is 7. The lowest BCUT2D eigenvalue weighted by Gasteiger charge is -2.34. The second-order valence-corrected chi connectivity index (χ2v) is 8.80. The average molecular weight is 399 g/mol. The Morgan fingerprint density at radius 2 is 1.86 bits per heavy atom. The molecule has 3 aromatic rings. The van der Waals surface area contributed by atoms with Crippen LogP contribution in [0.4, 0.5) is 5.82 Å². The first-order chi connectivity index (χ1) is 13.4. The van der Waals surface area contributed by atoms with E-state index in [4.69, 9.17) is 4.52 Å². The van der Waals surface area contributed by atoms with Crippen LogP contribution in [-0.4, -0.2) is 60.3 Å². The maximum atomic E-state index is 11.7. The molecule has 0 radical (unpaired) electrons. The number of hydrogen-bond donors (Lipinski definition) is 0. The molecule has 1 aromatic carbocycles. The zero-order valence-corrected chi connectivity index (χ0v) is 16.6. The fourth-order valence-corrected chi connectivity index (χ4v) is 4.11. The Morgan fingerprint density at radius 1 is 1.07 bits per heavy atom. The van der Waals surface area contributed by atoms with Crippen LogP contribution in [0.1, 0.15) is 5.56 Å². The van der Waals surface area contributed by atoms with Gasteiger partial charge >= 0.3 is 0 Å². The number of benzene rings is 1. The van der Waals surface area contributed by atoms with Crippen molar-refractivity contribution in [3.63, 3.8) is 0 Å². The van der Waals surface area contributed by atoms with Gasteiger partial charge in [-0.2, -0.15) is 9.29 Å². The zero-order chi connectivity index (χ0) is 19.7. The number of piperazine rings is 1. The van der Waals surface area contributed by atoms with Gasteiger partial charge in [-0.05, 0) is 25.1 Å². The molecule has 0 amide bonds. The second-order valence-electron chi connectivity index (χ2n) is 6.82. The molecular weight excluding hydrogens is 378 g/mol. The van der Waals surface area contributed by atoms with E-state index in [1.165, 1.54) is 10.6 Å². The van der Waals surface area contributed by atoms with Crippen LogP contribution in [0.25, 0.3) is 22.8 Å². The molecule has 1 aliphatic rings. The van der Waals surface area contributed by atoms with Gasteiger partial charge in [0.2, 0.25) is 15.8 Å². The predicted octanol–water partition coefficient (Wildman–Crippen LogP) is 2.19. The van der Waals surface area contributed by atoms with Gasteiger partial charge in [-0.1, -0.05) is 28.9 Å². The van der Waals surface area contributed by atoms with E-state index in [2.05, 4.69) is 15.1 Å². The maximum Gasteiger partial charge on any atom is 0.261 e. The summed E-state index contributed by atoms with van der Waals surface area (Å²) in [6.07, 6.45) is 2.94. The fourth-order valence-electron chi connectivity index (χ4n) is 3.28. The van der Waals surface area contributed by atoms with Crippen LogP contribution in [0.15, 0.2) is 47.1 Å². The molecule has 4 rings (SSSR count). The first kappa shape index (κ1) is 18.6. The maximum absolute atomic E-state index is 11.7. The van der Waals surface area contributed by atoms with Crippen molar-refractivity contribution in [3.8, 4) is 22.8 Å². The molecular formula is C19H21N5O3S. The van der Waals surface area contributed by atoms with Crippen molar-refractivity contribution < 1.29 is 12.9 Å². The number of sulfonamides is 1. The van der Waals surface area contributed by atoms with E-state index in [1.807, 2.05) is 48.2 Å². The number of rotatable bonds is 4. The minimum absolute atomic E-state index is 0.394. The Balaban J connectivity index is 1.61. The van der Waals surface area contributed by atoms with E-state index in [1.54, 1.807) is 6.20 Å². The third kappa shape index (κ3) is 3.76. The topological polar surface area (TPSA) is 92.4 Å². The van der Waals surface area contributed by atoms with Gasteiger partial charge in [-0.3, -0.25) is 0 Å². The molecule has 1 aliphatic heterocycles. The van der Waals surface area contributed by atoms with E-state index in [0.717, 1.165) is 22.5 Å². The molecule has 0 spiro atoms. The van der Waals surface area contributed by atoms with Crippen molar-refractivity contribution >= 4 is 15.8 Å². The third-order valence-electron chi connectivity index (χ3n) is 4.73. The van der Waals surface area contributed by atoms with Crippen LogP contribution in [0.2, 0.25) is 0 Å². The van der Waals surface area contributed by atoms with Crippen molar-refractivity contribution in [3.05, 3.63) is 48.2 Å². The minimum atomic E-state index is -3.18. The molecule has 8 nitrogen and oxygen atoms in total. The van der Waals surface area contributed by atoms with Gasteiger partial charge in [0, 0.05) is 37.9 Å². The van der Waals surface area contributed by atoms with Crippen molar-refractivity contribution in [2.45, 2.75) is 6.92 Å². The SMILES string of the molecule is Cc1cccc(-c2noc(-c3cccnc3N3CCN(S(C)(=O)=O)CC3)n2)c1. The summed E-state index contributed by atoms with van der Waals surface area (Å²) in [6.45, 7) is 3.96. The lowest BCUT2D eigenvalue weighted by Crippen LogP contribution is -2.48. The number of aromatic nitrogens is 3. The number of aryl methyl sites for hydroxylation is 1. The van der Waals surface area contributed by atoms with Crippen molar-refractivity contribution in [1.29, 1.82) is 0 Å². The summed E-state index contributed by atoms with van der Waals surface area (Å²) in [6, 6.07) is 11.6. The fraction of sp³-hybridized carbons (Fsp3) is 0.316. The summed E-state index contributed by atoms with van der Waals surface area (Å²) >= 11 is 0. The molecule has 0 unspecified atom stereocenters. The zero-order valence-electron chi connectivity index (χ0n) is 15.7. The van der Waals surface area contributed by atoms with Crippen LogP contribution in [0.3, 0.4) is 0 Å². The highest BCUT2D eigenvalue weighted by atomic mass is 32.2. The van der Waals surface area contributed by atoms with E-state index >= 15 is 0 Å². The molecule has 0 atom stereocenters. The van der Waals surface area contributed by atoms with Gasteiger partial charge in [0.1, 0.15) is 5.82 Å². The molecule has 146 valence electrons. The van der Waals surface area contributed by atoms with Crippen LogP contribution in [-0.2, 0) is 10.0 Å². The standard InChI is InChI=1S/C19H21N5O3S/c1-14-5-3-6-15(13-14)17-21-19(27-22-17)16-7-4-8-20-18(16)23-9-11-24(12-10-23)28(2,25)26/h3-8,13H,9-12H2,1-2H3. The first-order valence-electron chi connectivity index (χ1n) is 8.98. The van der Waals surface area contributed by atoms with Gasteiger partial charge in [-0.15, -0.1) is 0 Å². The average Bonchev–Trinajstić information content (AvgIpc) is 3.18. The lowest BCUT2D eigenvalue weighted by molar-refractivity contribution is 0.386. The normalized spacial score (nSPS) is 15.7. The van der Waals surface area contributed by atoms with Crippen LogP contribution in [0.5, 0.6) is 0 Å². The summed E-state index contributed by atoms with van der Waals surface area (Å²) in [7, 11) is -3.18. The number of pyridine rings is 1. The molecule has 1 saturated heterocycles. The van der Waals surface area contributed by atoms with Gasteiger partial charge < -0.3 is 9.42 Å². The predicted molar refractivity (Wildman–Crippen MR) is 106 cm³/mol. The number of nitrogens with zero attached hydrogens (tertiary/aromatic N) is 5. The largest absolute Gasteiger partial charge is 0.353 e. The molecule has 0 aliphatic carbocycles. The summed E-state index contributed by atoms with van der Waals surface area (Å²) in [5.74, 6) is 1.63. The van der Waals surface area contributed by atoms with Crippen LogP contribution in [0, 0.1) is 6.92 Å². The highest BCUT2D eigenvalue weighted by molar-refractivity contribution is 7.88. The monoisotopic (exact) mass is 399 g/mol. The van der Waals surface area contributed by atoms with Crippen LogP contribution >= 0.6 is 0 Å². The molecule has 9 heteroatoms. The van der Waals surface area contributed by atoms with Crippen molar-refractivity contribution in [2.24, 2.45) is 0 Å². The van der Waals surface area contributed by atoms with Gasteiger partial charge in [0.25, 0.3) is 5.89 Å². The van der Waals surface area contributed by atoms with Gasteiger partial charge in [0.05, 0.1) is 11.8 Å². The molecule has 28 heavy (non-hydrogen) atoms. The third-order valence-corrected chi connectivity index (χ3v) is 6.03. The Hall–Kier alpha value is -2.78. The highest BCUT2D eigenvalue weighted by Gasteiger charge is 2.26. The van der Waals surface area contributed by atoms with Gasteiger partial charge in [-0.25, -0.2) is 13.4 Å². The summed E-state index contributed by atoms with van der Waals surface area (Å²) in [4.78, 5) is 11.1. The summed E-state index contributed by atoms with van der Waals surface area (Å²) < 4.78 is 30.5. The van der Waals surface area contributed by atoms with Crippen LogP contribution < -0.4 is 4.90 Å². The van der Waals surface area contributed by atoms with E-state index < -0.39 is 10.0 Å². The first-order valence-corrected chi connectivity index (χ1v) is 10.8. The lowest BCUT2D eigenvalue weighted by atomic mass is 10.1. The quantitative estimate of drug-likeness (QED) is 0.664. The van der Waals surface area contributed by atoms with Gasteiger partial charge in [0.15, 0.2) is 0 Å². The Labute approximate surface area is 163 Å². The smallest absolute Gasteiger partial charge is 0.261 e. The molecule has 0 N–H and O–H groups in total. The van der Waals surface area contributed by atoms with E-state index in [0.29, 0.717) is 37.9 Å². The Bertz CT molecular complexity index is 1090. The number of anilines is 1. The Morgan fingerprint density at radius 3 is 2.57 bits per heavy atom. The van der Waals surface area contributed by atoms with E-state index in [9.17, 15) is 8.42 Å². The second kappa shape index (κ2) is 7.33. The molecule has 3 heterocycles. The minimum Gasteiger partial charge on any atom is -0.353 e. The summed E-state index contributed by atoms with van der Waals surface area (Å²) in [5, 5.41) is 4.11. The van der Waals surface area contributed by atoms with Crippen molar-refractivity contribution in [2.75, 3.05) is 37.3 Å². The van der Waals surface area contributed by atoms with Crippen molar-refractivity contribution in [1.82, 2.24) is 19.4 Å². The molecule has 0 bridgehead atoms. The Kier molecular flexibility index (Phi) is 4.86. The molecule has 1 fully saturated rings. The highest BCUT2D eigenvalue weighted by Crippen LogP contribution is 2.30. The molecule has 2 aromatic heterocycles.